The maximum Gasteiger partial charge on any atom is 0.185 e. The van der Waals surface area contributed by atoms with E-state index in [2.05, 4.69) is 15.6 Å². The van der Waals surface area contributed by atoms with Gasteiger partial charge >= 0.3 is 0 Å². The first-order chi connectivity index (χ1) is 10.0. The molecular weight excluding hydrogens is 286 g/mol. The van der Waals surface area contributed by atoms with Crippen LogP contribution in [0.5, 0.6) is 0 Å². The van der Waals surface area contributed by atoms with Crippen molar-refractivity contribution < 1.29 is 17.6 Å². The van der Waals surface area contributed by atoms with Crippen molar-refractivity contribution in [1.29, 1.82) is 0 Å². The Hall–Kier alpha value is -2.31. The Morgan fingerprint density at radius 1 is 0.952 bits per heavy atom. The van der Waals surface area contributed by atoms with Crippen LogP contribution in [0.25, 0.3) is 0 Å². The van der Waals surface area contributed by atoms with Crippen LogP contribution in [-0.4, -0.2) is 11.5 Å². The Balaban J connectivity index is 2.30. The maximum absolute atomic E-state index is 13.6. The third-order valence-corrected chi connectivity index (χ3v) is 2.70. The molecule has 0 saturated heterocycles. The highest BCUT2D eigenvalue weighted by Crippen LogP contribution is 2.27. The van der Waals surface area contributed by atoms with E-state index in [0.717, 1.165) is 6.42 Å². The Morgan fingerprint density at radius 2 is 1.57 bits per heavy atom. The molecule has 1 aromatic heterocycles. The van der Waals surface area contributed by atoms with E-state index < -0.39 is 29.0 Å². The molecule has 1 heterocycles. The van der Waals surface area contributed by atoms with Crippen LogP contribution in [0.2, 0.25) is 0 Å². The Labute approximate surface area is 119 Å². The van der Waals surface area contributed by atoms with Crippen molar-refractivity contribution in [3.05, 3.63) is 47.8 Å². The van der Waals surface area contributed by atoms with E-state index in [-0.39, 0.29) is 11.8 Å². The van der Waals surface area contributed by atoms with Crippen molar-refractivity contribution in [2.45, 2.75) is 13.3 Å². The zero-order valence-corrected chi connectivity index (χ0v) is 11.2. The Kier molecular flexibility index (Phi) is 4.62. The topological polar surface area (TPSA) is 37.0 Å². The van der Waals surface area contributed by atoms with Gasteiger partial charge in [-0.15, -0.1) is 0 Å². The molecule has 2 aromatic rings. The van der Waals surface area contributed by atoms with E-state index in [0.29, 0.717) is 12.2 Å². The quantitative estimate of drug-likeness (QED) is 0.641. The van der Waals surface area contributed by atoms with Crippen LogP contribution in [0.4, 0.5) is 34.6 Å². The predicted octanol–water partition coefficient (Wildman–Crippen LogP) is 4.20. The second kappa shape index (κ2) is 6.43. The molecule has 2 N–H and O–H groups in total. The third-order valence-electron chi connectivity index (χ3n) is 2.70. The van der Waals surface area contributed by atoms with Gasteiger partial charge in [-0.25, -0.2) is 17.6 Å². The van der Waals surface area contributed by atoms with Gasteiger partial charge in [0.2, 0.25) is 0 Å². The van der Waals surface area contributed by atoms with E-state index in [1.54, 1.807) is 0 Å². The zero-order valence-electron chi connectivity index (χ0n) is 11.2. The van der Waals surface area contributed by atoms with Crippen LogP contribution < -0.4 is 10.6 Å². The fourth-order valence-electron chi connectivity index (χ4n) is 1.70. The van der Waals surface area contributed by atoms with Crippen LogP contribution in [0, 0.1) is 23.3 Å². The minimum absolute atomic E-state index is 0.160. The smallest absolute Gasteiger partial charge is 0.185 e. The van der Waals surface area contributed by atoms with Gasteiger partial charge in [-0.2, -0.15) is 0 Å². The van der Waals surface area contributed by atoms with Crippen molar-refractivity contribution >= 4 is 17.1 Å². The summed E-state index contributed by atoms with van der Waals surface area (Å²) >= 11 is 0. The largest absolute Gasteiger partial charge is 0.384 e. The van der Waals surface area contributed by atoms with Crippen molar-refractivity contribution in [2.24, 2.45) is 0 Å². The molecule has 0 aliphatic carbocycles. The molecule has 0 atom stereocenters. The number of nitrogens with one attached hydrogen (secondary N) is 2. The Bertz CT molecular complexity index is 620. The monoisotopic (exact) mass is 299 g/mol. The molecule has 112 valence electrons. The number of rotatable bonds is 5. The molecule has 7 heteroatoms. The lowest BCUT2D eigenvalue weighted by molar-refractivity contribution is 0.459. The molecule has 1 aromatic carbocycles. The minimum Gasteiger partial charge on any atom is -0.384 e. The molecule has 0 unspecified atom stereocenters. The van der Waals surface area contributed by atoms with Gasteiger partial charge in [0.05, 0.1) is 23.8 Å². The normalized spacial score (nSPS) is 10.5. The molecule has 0 bridgehead atoms. The van der Waals surface area contributed by atoms with Crippen LogP contribution in [0.1, 0.15) is 13.3 Å². The third kappa shape index (κ3) is 3.42. The van der Waals surface area contributed by atoms with E-state index >= 15 is 0 Å². The van der Waals surface area contributed by atoms with E-state index in [4.69, 9.17) is 0 Å². The number of halogens is 4. The summed E-state index contributed by atoms with van der Waals surface area (Å²) in [5.41, 5.74) is -0.0552. The zero-order chi connectivity index (χ0) is 15.4. The second-order valence-corrected chi connectivity index (χ2v) is 4.36. The maximum atomic E-state index is 13.6. The fourth-order valence-corrected chi connectivity index (χ4v) is 1.70. The molecule has 21 heavy (non-hydrogen) atoms. The van der Waals surface area contributed by atoms with Gasteiger partial charge in [-0.3, -0.25) is 4.98 Å². The highest BCUT2D eigenvalue weighted by Gasteiger charge is 2.19. The van der Waals surface area contributed by atoms with Crippen LogP contribution in [-0.2, 0) is 0 Å². The molecule has 0 amide bonds. The van der Waals surface area contributed by atoms with E-state index in [1.165, 1.54) is 18.5 Å². The summed E-state index contributed by atoms with van der Waals surface area (Å²) in [5, 5.41) is 5.34. The van der Waals surface area contributed by atoms with Crippen LogP contribution in [0.15, 0.2) is 24.5 Å². The summed E-state index contributed by atoms with van der Waals surface area (Å²) in [6.07, 6.45) is 3.70. The SMILES string of the molecule is CCCNc1cncc(Nc2c(F)c(F)cc(F)c2F)c1. The molecule has 0 spiro atoms. The highest BCUT2D eigenvalue weighted by atomic mass is 19.2. The minimum atomic E-state index is -1.49. The van der Waals surface area contributed by atoms with Gasteiger partial charge in [-0.1, -0.05) is 6.92 Å². The fraction of sp³-hybridized carbons (Fsp3) is 0.214. The van der Waals surface area contributed by atoms with Crippen molar-refractivity contribution in [3.8, 4) is 0 Å². The molecule has 2 rings (SSSR count). The van der Waals surface area contributed by atoms with Crippen molar-refractivity contribution in [3.63, 3.8) is 0 Å². The number of benzene rings is 1. The summed E-state index contributed by atoms with van der Waals surface area (Å²) in [5.74, 6) is -5.91. The standard InChI is InChI=1S/C14H13F4N3/c1-2-3-20-8-4-9(7-19-6-8)21-14-12(17)10(15)5-11(16)13(14)18/h4-7,20-21H,2-3H2,1H3. The lowest BCUT2D eigenvalue weighted by atomic mass is 10.2. The lowest BCUT2D eigenvalue weighted by Crippen LogP contribution is -2.04. The van der Waals surface area contributed by atoms with Gasteiger partial charge in [-0.05, 0) is 12.5 Å². The van der Waals surface area contributed by atoms with Crippen LogP contribution in [0.3, 0.4) is 0 Å². The highest BCUT2D eigenvalue weighted by molar-refractivity contribution is 5.64. The first-order valence-electron chi connectivity index (χ1n) is 6.32. The molecule has 3 nitrogen and oxygen atoms in total. The van der Waals surface area contributed by atoms with E-state index in [1.807, 2.05) is 6.92 Å². The average Bonchev–Trinajstić information content (AvgIpc) is 2.48. The first kappa shape index (κ1) is 15.1. The number of nitrogens with zero attached hydrogens (tertiary/aromatic N) is 1. The molecule has 0 radical (unpaired) electrons. The van der Waals surface area contributed by atoms with Gasteiger partial charge in [0, 0.05) is 12.6 Å². The van der Waals surface area contributed by atoms with Crippen molar-refractivity contribution in [2.75, 3.05) is 17.2 Å². The molecule has 0 aliphatic heterocycles. The Morgan fingerprint density at radius 3 is 2.19 bits per heavy atom. The first-order valence-corrected chi connectivity index (χ1v) is 6.32. The number of hydrogen-bond acceptors (Lipinski definition) is 3. The lowest BCUT2D eigenvalue weighted by Gasteiger charge is -2.11. The van der Waals surface area contributed by atoms with Gasteiger partial charge in [0.15, 0.2) is 23.3 Å². The summed E-state index contributed by atoms with van der Waals surface area (Å²) in [6, 6.07) is 1.69. The van der Waals surface area contributed by atoms with Gasteiger partial charge < -0.3 is 10.6 Å². The molecule has 0 saturated carbocycles. The number of hydrogen-bond donors (Lipinski definition) is 2. The number of pyridine rings is 1. The summed E-state index contributed by atoms with van der Waals surface area (Å²) in [4.78, 5) is 3.88. The predicted molar refractivity (Wildman–Crippen MR) is 72.6 cm³/mol. The number of aromatic nitrogens is 1. The van der Waals surface area contributed by atoms with E-state index in [9.17, 15) is 17.6 Å². The second-order valence-electron chi connectivity index (χ2n) is 4.36. The number of anilines is 3. The van der Waals surface area contributed by atoms with Crippen molar-refractivity contribution in [1.82, 2.24) is 4.98 Å². The molecule has 0 aliphatic rings. The molecular formula is C14H13F4N3. The molecule has 0 fully saturated rings. The summed E-state index contributed by atoms with van der Waals surface area (Å²) in [6.45, 7) is 2.67. The van der Waals surface area contributed by atoms with Crippen LogP contribution >= 0.6 is 0 Å². The average molecular weight is 299 g/mol. The van der Waals surface area contributed by atoms with Gasteiger partial charge in [0.25, 0.3) is 0 Å². The summed E-state index contributed by atoms with van der Waals surface area (Å²) < 4.78 is 53.3. The summed E-state index contributed by atoms with van der Waals surface area (Å²) in [7, 11) is 0. The van der Waals surface area contributed by atoms with Gasteiger partial charge in [0.1, 0.15) is 5.69 Å².